The molecule has 0 saturated heterocycles. The lowest BCUT2D eigenvalue weighted by Crippen LogP contribution is -2.16. The molecular weight excluding hydrogens is 226 g/mol. The Kier molecular flexibility index (Phi) is 3.34. The number of hydrogen-bond donors (Lipinski definition) is 2. The number of nitrogens with two attached hydrogens (primary N) is 1. The molecule has 16 heavy (non-hydrogen) atoms. The second-order valence-corrected chi connectivity index (χ2v) is 3.84. The van der Waals surface area contributed by atoms with E-state index in [4.69, 9.17) is 23.4 Å². The van der Waals surface area contributed by atoms with Gasteiger partial charge in [0.15, 0.2) is 0 Å². The normalized spacial score (nSPS) is 9.88. The van der Waals surface area contributed by atoms with Gasteiger partial charge in [-0.2, -0.15) is 0 Å². The van der Waals surface area contributed by atoms with Crippen molar-refractivity contribution in [3.05, 3.63) is 38.9 Å². The summed E-state index contributed by atoms with van der Waals surface area (Å²) >= 11 is 4.82. The van der Waals surface area contributed by atoms with Crippen molar-refractivity contribution in [2.45, 2.75) is 13.8 Å². The van der Waals surface area contributed by atoms with Gasteiger partial charge in [0.25, 0.3) is 5.69 Å². The van der Waals surface area contributed by atoms with Crippen molar-refractivity contribution in [2.24, 2.45) is 5.73 Å². The quantitative estimate of drug-likeness (QED) is 0.363. The fraction of sp³-hybridized carbons (Fsp3) is 0.200. The van der Waals surface area contributed by atoms with Crippen molar-refractivity contribution in [3.8, 4) is 0 Å². The Morgan fingerprint density at radius 2 is 2.12 bits per heavy atom. The second-order valence-electron chi connectivity index (χ2n) is 3.40. The van der Waals surface area contributed by atoms with E-state index in [2.05, 4.69) is 0 Å². The first-order chi connectivity index (χ1) is 7.36. The predicted octanol–water partition coefficient (Wildman–Crippen LogP) is 1.93. The molecule has 0 amide bonds. The summed E-state index contributed by atoms with van der Waals surface area (Å²) < 4.78 is 0. The highest BCUT2D eigenvalue weighted by Gasteiger charge is 2.23. The number of benzene rings is 1. The molecule has 6 heteroatoms. The molecule has 0 bridgehead atoms. The lowest BCUT2D eigenvalue weighted by Gasteiger charge is -2.09. The first-order valence-corrected chi connectivity index (χ1v) is 4.90. The van der Waals surface area contributed by atoms with Crippen molar-refractivity contribution >= 4 is 28.6 Å². The van der Waals surface area contributed by atoms with Crippen molar-refractivity contribution in [2.75, 3.05) is 0 Å². The molecule has 1 rings (SSSR count). The molecule has 0 aliphatic heterocycles. The van der Waals surface area contributed by atoms with E-state index in [-0.39, 0.29) is 22.0 Å². The molecule has 0 aliphatic rings. The fourth-order valence-corrected chi connectivity index (χ4v) is 1.69. The number of nitro benzene ring substituents is 1. The summed E-state index contributed by atoms with van der Waals surface area (Å²) in [5.74, 6) is 0. The van der Waals surface area contributed by atoms with E-state index >= 15 is 0 Å². The lowest BCUT2D eigenvalue weighted by molar-refractivity contribution is -0.385. The highest BCUT2D eigenvalue weighted by Crippen LogP contribution is 2.27. The minimum atomic E-state index is -0.509. The average Bonchev–Trinajstić information content (AvgIpc) is 2.15. The minimum absolute atomic E-state index is 0.0599. The number of aryl methyl sites for hydroxylation is 1. The van der Waals surface area contributed by atoms with Gasteiger partial charge in [-0.25, -0.2) is 0 Å². The van der Waals surface area contributed by atoms with Crippen molar-refractivity contribution < 1.29 is 4.92 Å². The Hall–Kier alpha value is -1.82. The number of rotatable bonds is 3. The molecule has 0 atom stereocenters. The summed E-state index contributed by atoms with van der Waals surface area (Å²) in [6.45, 7) is 3.09. The summed E-state index contributed by atoms with van der Waals surface area (Å²) in [6.07, 6.45) is 0. The van der Waals surface area contributed by atoms with E-state index < -0.39 is 4.92 Å². The van der Waals surface area contributed by atoms with Crippen LogP contribution in [0.5, 0.6) is 0 Å². The molecule has 0 radical (unpaired) electrons. The molecular formula is C10H11N3O2S. The first kappa shape index (κ1) is 12.3. The van der Waals surface area contributed by atoms with Crippen LogP contribution in [0.1, 0.15) is 23.6 Å². The van der Waals surface area contributed by atoms with Gasteiger partial charge in [0.05, 0.1) is 10.5 Å². The summed E-state index contributed by atoms with van der Waals surface area (Å²) in [7, 11) is 0. The topological polar surface area (TPSA) is 93.0 Å². The predicted molar refractivity (Wildman–Crippen MR) is 66.2 cm³/mol. The van der Waals surface area contributed by atoms with Gasteiger partial charge in [-0.3, -0.25) is 10.1 Å². The van der Waals surface area contributed by atoms with Crippen LogP contribution in [0, 0.1) is 22.4 Å². The molecule has 0 saturated carbocycles. The van der Waals surface area contributed by atoms with E-state index in [1.807, 2.05) is 0 Å². The Balaban J connectivity index is 3.70. The van der Waals surface area contributed by atoms with Crippen LogP contribution in [0.2, 0.25) is 0 Å². The Bertz CT molecular complexity index is 497. The van der Waals surface area contributed by atoms with Gasteiger partial charge in [0, 0.05) is 16.8 Å². The lowest BCUT2D eigenvalue weighted by atomic mass is 9.98. The van der Waals surface area contributed by atoms with E-state index in [1.165, 1.54) is 6.92 Å². The largest absolute Gasteiger partial charge is 0.389 e. The number of hydrogen-bond acceptors (Lipinski definition) is 4. The third kappa shape index (κ3) is 2.06. The number of nitro groups is 1. The molecule has 0 aliphatic carbocycles. The van der Waals surface area contributed by atoms with Gasteiger partial charge >= 0.3 is 0 Å². The smallest absolute Gasteiger partial charge is 0.281 e. The number of nitrogens with one attached hydrogen (secondary N) is 1. The third-order valence-corrected chi connectivity index (χ3v) is 2.42. The maximum absolute atomic E-state index is 10.9. The van der Waals surface area contributed by atoms with E-state index in [9.17, 15) is 10.1 Å². The van der Waals surface area contributed by atoms with Gasteiger partial charge in [-0.05, 0) is 13.8 Å². The first-order valence-electron chi connectivity index (χ1n) is 4.49. The Morgan fingerprint density at radius 3 is 2.50 bits per heavy atom. The van der Waals surface area contributed by atoms with Crippen molar-refractivity contribution in [1.29, 1.82) is 5.41 Å². The zero-order chi connectivity index (χ0) is 12.5. The highest BCUT2D eigenvalue weighted by molar-refractivity contribution is 7.80. The summed E-state index contributed by atoms with van der Waals surface area (Å²) in [6, 6.07) is 3.19. The molecule has 0 aromatic heterocycles. The van der Waals surface area contributed by atoms with Gasteiger partial charge in [-0.15, -0.1) is 0 Å². The molecule has 0 fully saturated rings. The SMILES string of the molecule is CC(=N)c1c(C(N)=S)ccc(C)c1[N+](=O)[O-]. The minimum Gasteiger partial charge on any atom is -0.389 e. The molecule has 5 nitrogen and oxygen atoms in total. The van der Waals surface area contributed by atoms with Crippen LogP contribution in [-0.2, 0) is 0 Å². The van der Waals surface area contributed by atoms with Crippen molar-refractivity contribution in [1.82, 2.24) is 0 Å². The van der Waals surface area contributed by atoms with Gasteiger partial charge in [0.2, 0.25) is 0 Å². The Labute approximate surface area is 97.9 Å². The average molecular weight is 237 g/mol. The van der Waals surface area contributed by atoms with Crippen LogP contribution in [0.15, 0.2) is 12.1 Å². The Morgan fingerprint density at radius 1 is 1.56 bits per heavy atom. The maximum Gasteiger partial charge on any atom is 0.281 e. The molecule has 1 aromatic rings. The van der Waals surface area contributed by atoms with Crippen LogP contribution in [0.25, 0.3) is 0 Å². The summed E-state index contributed by atoms with van der Waals surface area (Å²) in [5, 5.41) is 18.5. The van der Waals surface area contributed by atoms with Crippen LogP contribution >= 0.6 is 12.2 Å². The zero-order valence-electron chi connectivity index (χ0n) is 8.90. The standard InChI is InChI=1S/C10H11N3O2S/c1-5-3-4-7(10(12)16)8(6(2)11)9(5)13(14)15/h3-4,11H,1-2H3,(H2,12,16). The van der Waals surface area contributed by atoms with Crippen LogP contribution in [0.4, 0.5) is 5.69 Å². The molecule has 0 unspecified atom stereocenters. The molecule has 84 valence electrons. The van der Waals surface area contributed by atoms with Gasteiger partial charge < -0.3 is 11.1 Å². The second kappa shape index (κ2) is 4.36. The van der Waals surface area contributed by atoms with Gasteiger partial charge in [0.1, 0.15) is 4.99 Å². The monoisotopic (exact) mass is 237 g/mol. The van der Waals surface area contributed by atoms with E-state index in [1.54, 1.807) is 19.1 Å². The highest BCUT2D eigenvalue weighted by atomic mass is 32.1. The molecule has 0 heterocycles. The van der Waals surface area contributed by atoms with E-state index in [0.29, 0.717) is 11.1 Å². The van der Waals surface area contributed by atoms with Crippen LogP contribution < -0.4 is 5.73 Å². The number of nitrogens with zero attached hydrogens (tertiary/aromatic N) is 1. The van der Waals surface area contributed by atoms with Crippen LogP contribution in [0.3, 0.4) is 0 Å². The molecule has 1 aromatic carbocycles. The van der Waals surface area contributed by atoms with Crippen LogP contribution in [-0.4, -0.2) is 15.6 Å². The number of thiocarbonyl (C=S) groups is 1. The van der Waals surface area contributed by atoms with Gasteiger partial charge in [-0.1, -0.05) is 24.4 Å². The summed E-state index contributed by atoms with van der Waals surface area (Å²) in [4.78, 5) is 10.5. The third-order valence-electron chi connectivity index (χ3n) is 2.20. The molecule has 0 spiro atoms. The van der Waals surface area contributed by atoms with Crippen molar-refractivity contribution in [3.63, 3.8) is 0 Å². The maximum atomic E-state index is 10.9. The molecule has 3 N–H and O–H groups in total. The zero-order valence-corrected chi connectivity index (χ0v) is 9.72. The van der Waals surface area contributed by atoms with E-state index in [0.717, 1.165) is 0 Å². The summed E-state index contributed by atoms with van der Waals surface area (Å²) in [5.41, 5.74) is 6.54. The fourth-order valence-electron chi connectivity index (χ4n) is 1.52.